The summed E-state index contributed by atoms with van der Waals surface area (Å²) in [5.41, 5.74) is 5.69. The second-order valence-corrected chi connectivity index (χ2v) is 2.85. The highest BCUT2D eigenvalue weighted by molar-refractivity contribution is 5.75. The molecular weight excluding hydrogens is 154 g/mol. The van der Waals surface area contributed by atoms with Crippen LogP contribution in [0.1, 0.15) is 33.6 Å². The molecule has 0 amide bonds. The third-order valence-electron chi connectivity index (χ3n) is 2.12. The maximum absolute atomic E-state index is 11.2. The van der Waals surface area contributed by atoms with Gasteiger partial charge in [-0.15, -0.1) is 0 Å². The molecule has 0 aromatic carbocycles. The summed E-state index contributed by atoms with van der Waals surface area (Å²) < 4.78 is 4.82. The van der Waals surface area contributed by atoms with Crippen LogP contribution < -0.4 is 5.73 Å². The molecule has 0 unspecified atom stereocenters. The van der Waals surface area contributed by atoms with Crippen molar-refractivity contribution in [3.05, 3.63) is 0 Å². The lowest BCUT2D eigenvalue weighted by atomic mass is 9.95. The first-order chi connectivity index (χ1) is 5.67. The van der Waals surface area contributed by atoms with Crippen LogP contribution >= 0.6 is 0 Å². The standard InChI is InChI=1S/C9H19NO2/c1-4-7(5-2)8(10)9(11)12-6-3/h7-8H,4-6,10H2,1-3H3/t8-/m0/s1. The number of hydrogen-bond donors (Lipinski definition) is 1. The van der Waals surface area contributed by atoms with E-state index >= 15 is 0 Å². The van der Waals surface area contributed by atoms with Gasteiger partial charge in [0.25, 0.3) is 0 Å². The first-order valence-corrected chi connectivity index (χ1v) is 4.59. The van der Waals surface area contributed by atoms with Crippen molar-refractivity contribution < 1.29 is 9.53 Å². The Morgan fingerprint density at radius 1 is 1.33 bits per heavy atom. The fraction of sp³-hybridized carbons (Fsp3) is 0.889. The Balaban J connectivity index is 3.96. The largest absolute Gasteiger partial charge is 0.465 e. The van der Waals surface area contributed by atoms with Crippen molar-refractivity contribution in [1.82, 2.24) is 0 Å². The van der Waals surface area contributed by atoms with Gasteiger partial charge in [-0.3, -0.25) is 4.79 Å². The van der Waals surface area contributed by atoms with Crippen molar-refractivity contribution in [2.24, 2.45) is 11.7 Å². The Labute approximate surface area is 74.3 Å². The molecule has 0 saturated carbocycles. The third-order valence-corrected chi connectivity index (χ3v) is 2.12. The van der Waals surface area contributed by atoms with Gasteiger partial charge in [0.05, 0.1) is 6.61 Å². The molecule has 2 N–H and O–H groups in total. The monoisotopic (exact) mass is 173 g/mol. The van der Waals surface area contributed by atoms with Gasteiger partial charge >= 0.3 is 5.97 Å². The Bertz CT molecular complexity index is 132. The molecule has 0 aromatic heterocycles. The lowest BCUT2D eigenvalue weighted by Crippen LogP contribution is -2.39. The molecule has 0 aliphatic rings. The van der Waals surface area contributed by atoms with Crippen molar-refractivity contribution in [2.45, 2.75) is 39.7 Å². The van der Waals surface area contributed by atoms with Gasteiger partial charge in [0, 0.05) is 0 Å². The molecule has 0 bridgehead atoms. The zero-order valence-electron chi connectivity index (χ0n) is 8.17. The summed E-state index contributed by atoms with van der Waals surface area (Å²) in [6.45, 7) is 6.27. The third kappa shape index (κ3) is 3.22. The zero-order valence-corrected chi connectivity index (χ0v) is 8.17. The predicted molar refractivity (Wildman–Crippen MR) is 48.7 cm³/mol. The van der Waals surface area contributed by atoms with Crippen LogP contribution in [0.5, 0.6) is 0 Å². The molecule has 12 heavy (non-hydrogen) atoms. The van der Waals surface area contributed by atoms with Crippen LogP contribution in [0.25, 0.3) is 0 Å². The van der Waals surface area contributed by atoms with Gasteiger partial charge in [-0.25, -0.2) is 0 Å². The van der Waals surface area contributed by atoms with E-state index in [0.717, 1.165) is 12.8 Å². The molecule has 0 rings (SSSR count). The van der Waals surface area contributed by atoms with Crippen LogP contribution in [0.15, 0.2) is 0 Å². The molecule has 0 fully saturated rings. The van der Waals surface area contributed by atoms with E-state index in [9.17, 15) is 4.79 Å². The molecular formula is C9H19NO2. The maximum atomic E-state index is 11.2. The molecule has 0 spiro atoms. The number of nitrogens with two attached hydrogens (primary N) is 1. The molecule has 0 aromatic rings. The van der Waals surface area contributed by atoms with Crippen molar-refractivity contribution in [2.75, 3.05) is 6.61 Å². The first kappa shape index (κ1) is 11.4. The quantitative estimate of drug-likeness (QED) is 0.638. The summed E-state index contributed by atoms with van der Waals surface area (Å²) in [7, 11) is 0. The van der Waals surface area contributed by atoms with Gasteiger partial charge in [0.15, 0.2) is 0 Å². The number of rotatable bonds is 5. The number of esters is 1. The smallest absolute Gasteiger partial charge is 0.323 e. The topological polar surface area (TPSA) is 52.3 Å². The highest BCUT2D eigenvalue weighted by Crippen LogP contribution is 2.12. The van der Waals surface area contributed by atoms with E-state index in [1.165, 1.54) is 0 Å². The van der Waals surface area contributed by atoms with Crippen LogP contribution in [0.2, 0.25) is 0 Å². The Morgan fingerprint density at radius 2 is 1.83 bits per heavy atom. The summed E-state index contributed by atoms with van der Waals surface area (Å²) in [5.74, 6) is -0.0183. The van der Waals surface area contributed by atoms with Crippen LogP contribution in [0.4, 0.5) is 0 Å². The normalized spacial score (nSPS) is 13.1. The summed E-state index contributed by atoms with van der Waals surface area (Å²) in [6, 6.07) is -0.444. The maximum Gasteiger partial charge on any atom is 0.323 e. The molecule has 0 heterocycles. The van der Waals surface area contributed by atoms with E-state index in [-0.39, 0.29) is 11.9 Å². The van der Waals surface area contributed by atoms with E-state index in [1.54, 1.807) is 6.92 Å². The van der Waals surface area contributed by atoms with Gasteiger partial charge in [-0.05, 0) is 12.8 Å². The van der Waals surface area contributed by atoms with Gasteiger partial charge in [-0.2, -0.15) is 0 Å². The molecule has 72 valence electrons. The van der Waals surface area contributed by atoms with Crippen LogP contribution in [-0.2, 0) is 9.53 Å². The molecule has 0 saturated heterocycles. The van der Waals surface area contributed by atoms with Crippen molar-refractivity contribution in [3.63, 3.8) is 0 Å². The number of carbonyl (C=O) groups is 1. The Kier molecular flexibility index (Phi) is 5.72. The van der Waals surface area contributed by atoms with E-state index in [1.807, 2.05) is 13.8 Å². The summed E-state index contributed by atoms with van der Waals surface area (Å²) >= 11 is 0. The fourth-order valence-electron chi connectivity index (χ4n) is 1.23. The number of ether oxygens (including phenoxy) is 1. The molecule has 0 aliphatic carbocycles. The van der Waals surface area contributed by atoms with Crippen molar-refractivity contribution in [3.8, 4) is 0 Å². The van der Waals surface area contributed by atoms with E-state index in [4.69, 9.17) is 10.5 Å². The highest BCUT2D eigenvalue weighted by Gasteiger charge is 2.22. The van der Waals surface area contributed by atoms with Gasteiger partial charge < -0.3 is 10.5 Å². The van der Waals surface area contributed by atoms with Gasteiger partial charge in [0.2, 0.25) is 0 Å². The van der Waals surface area contributed by atoms with Crippen molar-refractivity contribution in [1.29, 1.82) is 0 Å². The molecule has 3 heteroatoms. The summed E-state index contributed by atoms with van der Waals surface area (Å²) in [6.07, 6.45) is 1.85. The Hall–Kier alpha value is -0.570. The van der Waals surface area contributed by atoms with Crippen molar-refractivity contribution >= 4 is 5.97 Å². The second kappa shape index (κ2) is 6.00. The van der Waals surface area contributed by atoms with E-state index < -0.39 is 6.04 Å². The minimum atomic E-state index is -0.444. The van der Waals surface area contributed by atoms with Gasteiger partial charge in [0.1, 0.15) is 6.04 Å². The molecule has 1 atom stereocenters. The summed E-state index contributed by atoms with van der Waals surface area (Å²) in [5, 5.41) is 0. The zero-order chi connectivity index (χ0) is 9.56. The first-order valence-electron chi connectivity index (χ1n) is 4.59. The molecule has 0 aliphatic heterocycles. The average Bonchev–Trinajstić information content (AvgIpc) is 2.07. The molecule has 0 radical (unpaired) electrons. The SMILES string of the molecule is CCOC(=O)[C@@H](N)C(CC)CC. The number of hydrogen-bond acceptors (Lipinski definition) is 3. The van der Waals surface area contributed by atoms with Crippen LogP contribution in [0, 0.1) is 5.92 Å². The highest BCUT2D eigenvalue weighted by atomic mass is 16.5. The average molecular weight is 173 g/mol. The molecule has 3 nitrogen and oxygen atoms in total. The number of carbonyl (C=O) groups excluding carboxylic acids is 1. The predicted octanol–water partition coefficient (Wildman–Crippen LogP) is 1.31. The summed E-state index contributed by atoms with van der Waals surface area (Å²) in [4.78, 5) is 11.2. The lowest BCUT2D eigenvalue weighted by Gasteiger charge is -2.18. The van der Waals surface area contributed by atoms with Crippen LogP contribution in [0.3, 0.4) is 0 Å². The minimum Gasteiger partial charge on any atom is -0.465 e. The Morgan fingerprint density at radius 3 is 2.17 bits per heavy atom. The lowest BCUT2D eigenvalue weighted by molar-refractivity contribution is -0.146. The minimum absolute atomic E-state index is 0.254. The van der Waals surface area contributed by atoms with Crippen LogP contribution in [-0.4, -0.2) is 18.6 Å². The van der Waals surface area contributed by atoms with E-state index in [2.05, 4.69) is 0 Å². The fourth-order valence-corrected chi connectivity index (χ4v) is 1.23. The van der Waals surface area contributed by atoms with Gasteiger partial charge in [-0.1, -0.05) is 26.7 Å². The second-order valence-electron chi connectivity index (χ2n) is 2.85. The van der Waals surface area contributed by atoms with E-state index in [0.29, 0.717) is 6.61 Å².